The number of pyridine rings is 1. The normalized spacial score (nSPS) is 17.2. The van der Waals surface area contributed by atoms with E-state index in [1.807, 2.05) is 31.3 Å². The lowest BCUT2D eigenvalue weighted by atomic mass is 10.2. The maximum Gasteiger partial charge on any atom is 0.191 e. The van der Waals surface area contributed by atoms with E-state index in [-0.39, 0.29) is 24.0 Å². The predicted molar refractivity (Wildman–Crippen MR) is 120 cm³/mol. The fourth-order valence-corrected chi connectivity index (χ4v) is 3.97. The molecule has 25 heavy (non-hydrogen) atoms. The minimum absolute atomic E-state index is 0. The first-order valence-electron chi connectivity index (χ1n) is 8.51. The first-order valence-corrected chi connectivity index (χ1v) is 9.56. The fraction of sp³-hybridized carbons (Fsp3) is 0.444. The van der Waals surface area contributed by atoms with Crippen molar-refractivity contribution in [1.82, 2.24) is 15.6 Å². The van der Waals surface area contributed by atoms with E-state index in [9.17, 15) is 0 Å². The van der Waals surface area contributed by atoms with Gasteiger partial charge >= 0.3 is 0 Å². The first kappa shape index (κ1) is 20.1. The number of hydrogen-bond donors (Lipinski definition) is 3. The van der Waals surface area contributed by atoms with Crippen molar-refractivity contribution in [3.05, 3.63) is 36.4 Å². The van der Waals surface area contributed by atoms with Crippen molar-refractivity contribution < 1.29 is 0 Å². The maximum atomic E-state index is 4.61. The molecule has 1 saturated heterocycles. The Morgan fingerprint density at radius 2 is 2.08 bits per heavy atom. The van der Waals surface area contributed by atoms with Crippen LogP contribution in [-0.4, -0.2) is 48.6 Å². The molecule has 1 unspecified atom stereocenters. The molecule has 0 bridgehead atoms. The summed E-state index contributed by atoms with van der Waals surface area (Å²) in [7, 11) is 1.81. The molecule has 136 valence electrons. The molecule has 1 aliphatic heterocycles. The Kier molecular flexibility index (Phi) is 8.60. The molecule has 3 N–H and O–H groups in total. The van der Waals surface area contributed by atoms with Gasteiger partial charge in [0.2, 0.25) is 0 Å². The van der Waals surface area contributed by atoms with Gasteiger partial charge in [0.25, 0.3) is 0 Å². The summed E-state index contributed by atoms with van der Waals surface area (Å²) < 4.78 is 0. The third-order valence-corrected chi connectivity index (χ3v) is 5.46. The van der Waals surface area contributed by atoms with Crippen LogP contribution in [0.15, 0.2) is 41.4 Å². The summed E-state index contributed by atoms with van der Waals surface area (Å²) in [4.78, 5) is 8.89. The van der Waals surface area contributed by atoms with Crippen molar-refractivity contribution in [2.75, 3.05) is 37.8 Å². The minimum atomic E-state index is 0. The molecule has 1 aromatic carbocycles. The zero-order valence-corrected chi connectivity index (χ0v) is 17.6. The minimum Gasteiger partial charge on any atom is -0.368 e. The highest BCUT2D eigenvalue weighted by atomic mass is 127. The van der Waals surface area contributed by atoms with Gasteiger partial charge in [0.15, 0.2) is 5.96 Å². The van der Waals surface area contributed by atoms with Crippen molar-refractivity contribution in [3.63, 3.8) is 0 Å². The number of para-hydroxylation sites is 1. The molecular weight excluding hydrogens is 445 g/mol. The molecule has 0 spiro atoms. The summed E-state index contributed by atoms with van der Waals surface area (Å²) in [6, 6.07) is 12.3. The summed E-state index contributed by atoms with van der Waals surface area (Å²) in [5, 5.41) is 12.0. The van der Waals surface area contributed by atoms with Crippen LogP contribution >= 0.6 is 35.7 Å². The van der Waals surface area contributed by atoms with Gasteiger partial charge in [0, 0.05) is 37.3 Å². The highest BCUT2D eigenvalue weighted by Crippen LogP contribution is 2.25. The number of nitrogens with zero attached hydrogens (tertiary/aromatic N) is 2. The number of halogens is 1. The van der Waals surface area contributed by atoms with Gasteiger partial charge in [0.05, 0.1) is 5.52 Å². The zero-order chi connectivity index (χ0) is 16.6. The molecule has 0 aliphatic carbocycles. The Bertz CT molecular complexity index is 688. The third kappa shape index (κ3) is 6.22. The molecule has 3 rings (SSSR count). The number of benzene rings is 1. The smallest absolute Gasteiger partial charge is 0.191 e. The van der Waals surface area contributed by atoms with Gasteiger partial charge < -0.3 is 16.0 Å². The highest BCUT2D eigenvalue weighted by Gasteiger charge is 2.15. The summed E-state index contributed by atoms with van der Waals surface area (Å²) >= 11 is 2.06. The van der Waals surface area contributed by atoms with Crippen molar-refractivity contribution >= 4 is 58.4 Å². The highest BCUT2D eigenvalue weighted by molar-refractivity contribution is 14.0. The Hall–Kier alpha value is -1.22. The van der Waals surface area contributed by atoms with Crippen LogP contribution in [-0.2, 0) is 0 Å². The van der Waals surface area contributed by atoms with Crippen molar-refractivity contribution in [3.8, 4) is 0 Å². The number of thioether (sulfide) groups is 1. The topological polar surface area (TPSA) is 61.3 Å². The molecule has 0 saturated carbocycles. The average Bonchev–Trinajstić information content (AvgIpc) is 3.14. The molecule has 1 aliphatic rings. The molecule has 1 aromatic heterocycles. The van der Waals surface area contributed by atoms with E-state index in [2.05, 4.69) is 49.8 Å². The van der Waals surface area contributed by atoms with Crippen LogP contribution in [0.25, 0.3) is 10.9 Å². The zero-order valence-electron chi connectivity index (χ0n) is 14.5. The molecule has 2 aromatic rings. The Balaban J connectivity index is 0.00000225. The predicted octanol–water partition coefficient (Wildman–Crippen LogP) is 3.33. The number of guanidine groups is 1. The molecule has 7 heteroatoms. The number of anilines is 1. The molecule has 2 heterocycles. The molecule has 0 amide bonds. The van der Waals surface area contributed by atoms with E-state index in [0.717, 1.165) is 47.6 Å². The monoisotopic (exact) mass is 471 g/mol. The maximum absolute atomic E-state index is 4.61. The van der Waals surface area contributed by atoms with Gasteiger partial charge in [-0.2, -0.15) is 11.8 Å². The van der Waals surface area contributed by atoms with Crippen LogP contribution < -0.4 is 16.0 Å². The van der Waals surface area contributed by atoms with E-state index in [1.165, 1.54) is 18.6 Å². The Morgan fingerprint density at radius 1 is 1.20 bits per heavy atom. The van der Waals surface area contributed by atoms with Crippen molar-refractivity contribution in [2.45, 2.75) is 18.1 Å². The molecule has 1 fully saturated rings. The molecule has 5 nitrogen and oxygen atoms in total. The van der Waals surface area contributed by atoms with Crippen LogP contribution in [0.4, 0.5) is 5.82 Å². The van der Waals surface area contributed by atoms with Crippen molar-refractivity contribution in [1.29, 1.82) is 0 Å². The second-order valence-corrected chi connectivity index (χ2v) is 7.24. The van der Waals surface area contributed by atoms with E-state index in [1.54, 1.807) is 0 Å². The Morgan fingerprint density at radius 3 is 2.88 bits per heavy atom. The SMILES string of the molecule is CN=C(NCCNc1ccc2ccccc2n1)NCC1CCCS1.I. The second kappa shape index (κ2) is 10.7. The van der Waals surface area contributed by atoms with Crippen LogP contribution in [0.1, 0.15) is 12.8 Å². The summed E-state index contributed by atoms with van der Waals surface area (Å²) in [5.74, 6) is 3.07. The quantitative estimate of drug-likeness (QED) is 0.261. The number of nitrogens with one attached hydrogen (secondary N) is 3. The standard InChI is InChI=1S/C18H25N5S.HI/c1-19-18(22-13-15-6-4-12-24-15)21-11-10-20-17-9-8-14-5-2-3-7-16(14)23-17;/h2-3,5,7-9,15H,4,6,10-13H2,1H3,(H,20,23)(H2,19,21,22);1H. The van der Waals surface area contributed by atoms with Crippen molar-refractivity contribution in [2.24, 2.45) is 4.99 Å². The summed E-state index contributed by atoms with van der Waals surface area (Å²) in [6.07, 6.45) is 2.65. The number of aromatic nitrogens is 1. The molecule has 1 atom stereocenters. The largest absolute Gasteiger partial charge is 0.368 e. The van der Waals surface area contributed by atoms with E-state index >= 15 is 0 Å². The molecule has 0 radical (unpaired) electrons. The van der Waals surface area contributed by atoms with Crippen LogP contribution in [0, 0.1) is 0 Å². The van der Waals surface area contributed by atoms with Gasteiger partial charge in [-0.25, -0.2) is 4.98 Å². The van der Waals surface area contributed by atoms with Crippen LogP contribution in [0.3, 0.4) is 0 Å². The van der Waals surface area contributed by atoms with Crippen LogP contribution in [0.5, 0.6) is 0 Å². The van der Waals surface area contributed by atoms with Crippen LogP contribution in [0.2, 0.25) is 0 Å². The number of rotatable bonds is 6. The summed E-state index contributed by atoms with van der Waals surface area (Å²) in [5.41, 5.74) is 1.02. The van der Waals surface area contributed by atoms with Gasteiger partial charge in [-0.3, -0.25) is 4.99 Å². The lowest BCUT2D eigenvalue weighted by Crippen LogP contribution is -2.41. The van der Waals surface area contributed by atoms with E-state index < -0.39 is 0 Å². The Labute approximate surface area is 170 Å². The summed E-state index contributed by atoms with van der Waals surface area (Å²) in [6.45, 7) is 2.58. The van der Waals surface area contributed by atoms with E-state index in [4.69, 9.17) is 0 Å². The number of aliphatic imine (C=N–C) groups is 1. The fourth-order valence-electron chi connectivity index (χ4n) is 2.77. The lowest BCUT2D eigenvalue weighted by molar-refractivity contribution is 0.727. The second-order valence-electron chi connectivity index (χ2n) is 5.83. The van der Waals surface area contributed by atoms with Gasteiger partial charge in [-0.05, 0) is 36.8 Å². The van der Waals surface area contributed by atoms with Gasteiger partial charge in [-0.15, -0.1) is 24.0 Å². The molecular formula is C18H26IN5S. The first-order chi connectivity index (χ1) is 11.8. The van der Waals surface area contributed by atoms with Gasteiger partial charge in [-0.1, -0.05) is 18.2 Å². The van der Waals surface area contributed by atoms with E-state index in [0.29, 0.717) is 0 Å². The lowest BCUT2D eigenvalue weighted by Gasteiger charge is -2.15. The number of fused-ring (bicyclic) bond motifs is 1. The third-order valence-electron chi connectivity index (χ3n) is 4.07. The number of hydrogen-bond acceptors (Lipinski definition) is 4. The average molecular weight is 471 g/mol. The van der Waals surface area contributed by atoms with Gasteiger partial charge in [0.1, 0.15) is 5.82 Å².